The van der Waals surface area contributed by atoms with Gasteiger partial charge in [-0.1, -0.05) is 11.2 Å². The number of amides is 1. The van der Waals surface area contributed by atoms with Crippen LogP contribution in [0, 0.1) is 5.41 Å². The van der Waals surface area contributed by atoms with Crippen molar-refractivity contribution in [2.24, 2.45) is 16.3 Å². The molecule has 1 aromatic carbocycles. The fourth-order valence-corrected chi connectivity index (χ4v) is 2.22. The number of carbonyl (C=O) groups is 1. The lowest BCUT2D eigenvalue weighted by atomic mass is 10.0. The summed E-state index contributed by atoms with van der Waals surface area (Å²) in [6.45, 7) is 0. The van der Waals surface area contributed by atoms with Gasteiger partial charge in [0.05, 0.1) is 5.52 Å². The number of hydrogen-bond acceptors (Lipinski definition) is 4. The molecule has 102 valence electrons. The van der Waals surface area contributed by atoms with E-state index < -0.39 is 5.41 Å². The summed E-state index contributed by atoms with van der Waals surface area (Å²) in [4.78, 5) is 16.5. The van der Waals surface area contributed by atoms with Crippen molar-refractivity contribution in [3.8, 4) is 0 Å². The van der Waals surface area contributed by atoms with Gasteiger partial charge in [0.1, 0.15) is 5.41 Å². The lowest BCUT2D eigenvalue weighted by Crippen LogP contribution is -2.36. The van der Waals surface area contributed by atoms with Gasteiger partial charge in [0, 0.05) is 17.3 Å². The van der Waals surface area contributed by atoms with Gasteiger partial charge in [0.2, 0.25) is 5.91 Å². The minimum absolute atomic E-state index is 0.0301. The van der Waals surface area contributed by atoms with Crippen molar-refractivity contribution in [2.45, 2.75) is 12.8 Å². The smallest absolute Gasteiger partial charge is 0.238 e. The first kappa shape index (κ1) is 12.4. The van der Waals surface area contributed by atoms with E-state index in [9.17, 15) is 4.79 Å². The van der Waals surface area contributed by atoms with Crippen molar-refractivity contribution in [1.29, 1.82) is 0 Å². The van der Waals surface area contributed by atoms with Gasteiger partial charge in [-0.15, -0.1) is 0 Å². The topological polar surface area (TPSA) is 101 Å². The summed E-state index contributed by atoms with van der Waals surface area (Å²) < 4.78 is 0. The first-order valence-corrected chi connectivity index (χ1v) is 6.30. The highest BCUT2D eigenvalue weighted by Crippen LogP contribution is 2.46. The van der Waals surface area contributed by atoms with Gasteiger partial charge in [0.15, 0.2) is 5.84 Å². The predicted octanol–water partition coefficient (Wildman–Crippen LogP) is 1.70. The second-order valence-electron chi connectivity index (χ2n) is 4.93. The van der Waals surface area contributed by atoms with Crippen LogP contribution in [0.4, 0.5) is 5.69 Å². The van der Waals surface area contributed by atoms with Crippen LogP contribution >= 0.6 is 0 Å². The average Bonchev–Trinajstić information content (AvgIpc) is 3.28. The molecule has 0 atom stereocenters. The zero-order chi connectivity index (χ0) is 14.2. The number of rotatable bonds is 3. The quantitative estimate of drug-likeness (QED) is 0.342. The van der Waals surface area contributed by atoms with Crippen LogP contribution in [0.1, 0.15) is 12.8 Å². The minimum atomic E-state index is -0.849. The molecule has 2 aromatic rings. The van der Waals surface area contributed by atoms with E-state index in [0.717, 1.165) is 10.9 Å². The van der Waals surface area contributed by atoms with Crippen molar-refractivity contribution < 1.29 is 10.0 Å². The van der Waals surface area contributed by atoms with Crippen LogP contribution in [-0.4, -0.2) is 21.9 Å². The maximum Gasteiger partial charge on any atom is 0.238 e. The van der Waals surface area contributed by atoms with E-state index in [2.05, 4.69) is 15.5 Å². The highest BCUT2D eigenvalue weighted by molar-refractivity contribution is 6.14. The lowest BCUT2D eigenvalue weighted by molar-refractivity contribution is -0.119. The van der Waals surface area contributed by atoms with Crippen LogP contribution in [0.15, 0.2) is 41.7 Å². The van der Waals surface area contributed by atoms with E-state index in [1.807, 2.05) is 24.3 Å². The summed E-state index contributed by atoms with van der Waals surface area (Å²) in [6, 6.07) is 9.24. The first-order valence-electron chi connectivity index (χ1n) is 6.30. The van der Waals surface area contributed by atoms with Crippen LogP contribution in [0.25, 0.3) is 10.9 Å². The number of anilines is 1. The van der Waals surface area contributed by atoms with Crippen molar-refractivity contribution in [2.75, 3.05) is 5.32 Å². The number of nitrogens with one attached hydrogen (secondary N) is 1. The highest BCUT2D eigenvalue weighted by atomic mass is 16.4. The Morgan fingerprint density at radius 1 is 1.40 bits per heavy atom. The van der Waals surface area contributed by atoms with E-state index in [4.69, 9.17) is 10.9 Å². The third kappa shape index (κ3) is 1.95. The average molecular weight is 270 g/mol. The number of aromatic nitrogens is 1. The highest BCUT2D eigenvalue weighted by Gasteiger charge is 2.54. The maximum atomic E-state index is 12.2. The largest absolute Gasteiger partial charge is 0.409 e. The Bertz CT molecular complexity index is 707. The second kappa shape index (κ2) is 4.48. The van der Waals surface area contributed by atoms with Crippen molar-refractivity contribution >= 4 is 28.3 Å². The van der Waals surface area contributed by atoms with E-state index >= 15 is 0 Å². The third-order valence-corrected chi connectivity index (χ3v) is 3.64. The van der Waals surface area contributed by atoms with E-state index in [-0.39, 0.29) is 11.7 Å². The predicted molar refractivity (Wildman–Crippen MR) is 75.4 cm³/mol. The third-order valence-electron chi connectivity index (χ3n) is 3.64. The fourth-order valence-electron chi connectivity index (χ4n) is 2.22. The molecule has 6 nitrogen and oxygen atoms in total. The van der Waals surface area contributed by atoms with Crippen molar-refractivity contribution in [1.82, 2.24) is 4.98 Å². The molecule has 0 saturated heterocycles. The molecule has 0 aliphatic heterocycles. The van der Waals surface area contributed by atoms with Crippen LogP contribution in [0.2, 0.25) is 0 Å². The van der Waals surface area contributed by atoms with Crippen LogP contribution in [0.3, 0.4) is 0 Å². The maximum absolute atomic E-state index is 12.2. The van der Waals surface area contributed by atoms with Gasteiger partial charge in [0.25, 0.3) is 0 Å². The summed E-state index contributed by atoms with van der Waals surface area (Å²) >= 11 is 0. The Kier molecular flexibility index (Phi) is 2.78. The summed E-state index contributed by atoms with van der Waals surface area (Å²) in [7, 11) is 0. The molecule has 6 heteroatoms. The monoisotopic (exact) mass is 270 g/mol. The molecule has 1 fully saturated rings. The van der Waals surface area contributed by atoms with Crippen LogP contribution < -0.4 is 11.1 Å². The van der Waals surface area contributed by atoms with Crippen molar-refractivity contribution in [3.63, 3.8) is 0 Å². The van der Waals surface area contributed by atoms with E-state index in [1.54, 1.807) is 12.3 Å². The zero-order valence-corrected chi connectivity index (χ0v) is 10.7. The van der Waals surface area contributed by atoms with E-state index in [0.29, 0.717) is 18.5 Å². The molecule has 1 aliphatic carbocycles. The minimum Gasteiger partial charge on any atom is -0.409 e. The van der Waals surface area contributed by atoms with Gasteiger partial charge in [-0.3, -0.25) is 9.78 Å². The number of pyridine rings is 1. The molecule has 4 N–H and O–H groups in total. The molecule has 1 saturated carbocycles. The number of oxime groups is 1. The molecule has 3 rings (SSSR count). The Morgan fingerprint density at radius 2 is 2.20 bits per heavy atom. The second-order valence-corrected chi connectivity index (χ2v) is 4.93. The number of nitrogens with zero attached hydrogens (tertiary/aromatic N) is 2. The van der Waals surface area contributed by atoms with Gasteiger partial charge >= 0.3 is 0 Å². The fraction of sp³-hybridized carbons (Fsp3) is 0.214. The van der Waals surface area contributed by atoms with Gasteiger partial charge < -0.3 is 16.3 Å². The molecule has 1 aromatic heterocycles. The SMILES string of the molecule is N/C(=N/O)C1(C(=O)Nc2ccc3ncccc3c2)CC1. The molecule has 1 aliphatic rings. The molecule has 0 unspecified atom stereocenters. The standard InChI is InChI=1S/C14H14N4O2/c15-12(18-20)14(5-6-14)13(19)17-10-3-4-11-9(8-10)2-1-7-16-11/h1-4,7-8,20H,5-6H2,(H2,15,18)(H,17,19). The van der Waals surface area contributed by atoms with Crippen LogP contribution in [0.5, 0.6) is 0 Å². The molecular weight excluding hydrogens is 256 g/mol. The summed E-state index contributed by atoms with van der Waals surface area (Å²) in [6.07, 6.45) is 2.92. The number of fused-ring (bicyclic) bond motifs is 1. The Morgan fingerprint density at radius 3 is 2.90 bits per heavy atom. The summed E-state index contributed by atoms with van der Waals surface area (Å²) in [5.74, 6) is -0.270. The molecule has 0 bridgehead atoms. The number of carbonyl (C=O) groups excluding carboxylic acids is 1. The zero-order valence-electron chi connectivity index (χ0n) is 10.7. The number of hydrogen-bond donors (Lipinski definition) is 3. The van der Waals surface area contributed by atoms with Gasteiger partial charge in [-0.25, -0.2) is 0 Å². The number of benzene rings is 1. The Hall–Kier alpha value is -2.63. The molecule has 1 amide bonds. The molecule has 1 heterocycles. The van der Waals surface area contributed by atoms with Crippen molar-refractivity contribution in [3.05, 3.63) is 36.5 Å². The lowest BCUT2D eigenvalue weighted by Gasteiger charge is -2.13. The molecule has 0 spiro atoms. The number of nitrogens with two attached hydrogens (primary N) is 1. The Labute approximate surface area is 115 Å². The van der Waals surface area contributed by atoms with Gasteiger partial charge in [-0.05, 0) is 37.1 Å². The normalized spacial score (nSPS) is 16.9. The number of amidine groups is 1. The Balaban J connectivity index is 1.85. The molecule has 20 heavy (non-hydrogen) atoms. The molecular formula is C14H14N4O2. The summed E-state index contributed by atoms with van der Waals surface area (Å²) in [5.41, 5.74) is 6.28. The van der Waals surface area contributed by atoms with Crippen LogP contribution in [-0.2, 0) is 4.79 Å². The first-order chi connectivity index (χ1) is 9.65. The van der Waals surface area contributed by atoms with Gasteiger partial charge in [-0.2, -0.15) is 0 Å². The van der Waals surface area contributed by atoms with E-state index in [1.165, 1.54) is 0 Å². The summed E-state index contributed by atoms with van der Waals surface area (Å²) in [5, 5.41) is 15.5. The molecule has 0 radical (unpaired) electrons.